The molecule has 1 fully saturated rings. The van der Waals surface area contributed by atoms with Crippen molar-refractivity contribution in [3.63, 3.8) is 0 Å². The topological polar surface area (TPSA) is 8.17 Å². The Morgan fingerprint density at radius 2 is 1.87 bits per heavy atom. The van der Waals surface area contributed by atoms with Gasteiger partial charge in [-0.3, -0.25) is 4.90 Å². The van der Waals surface area contributed by atoms with Crippen molar-refractivity contribution in [1.82, 2.24) is 9.47 Å². The van der Waals surface area contributed by atoms with Crippen LogP contribution in [0.15, 0.2) is 53.2 Å². The van der Waals surface area contributed by atoms with Crippen LogP contribution in [0.3, 0.4) is 0 Å². The van der Waals surface area contributed by atoms with E-state index in [9.17, 15) is 4.39 Å². The van der Waals surface area contributed by atoms with Gasteiger partial charge in [0.25, 0.3) is 0 Å². The first kappa shape index (κ1) is 18.3. The largest absolute Gasteiger partial charge is 0.311 e. The van der Waals surface area contributed by atoms with E-state index in [1.165, 1.54) is 52.7 Å². The first-order chi connectivity index (χ1) is 14.6. The third kappa shape index (κ3) is 2.63. The fourth-order valence-electron chi connectivity index (χ4n) is 5.79. The van der Waals surface area contributed by atoms with Crippen LogP contribution in [0, 0.1) is 12.7 Å². The lowest BCUT2D eigenvalue weighted by Gasteiger charge is -2.36. The highest BCUT2D eigenvalue weighted by molar-refractivity contribution is 7.08. The molecule has 0 bridgehead atoms. The van der Waals surface area contributed by atoms with E-state index in [-0.39, 0.29) is 5.82 Å². The molecule has 3 heterocycles. The van der Waals surface area contributed by atoms with Gasteiger partial charge in [0.15, 0.2) is 0 Å². The molecule has 2 aromatic carbocycles. The van der Waals surface area contributed by atoms with Crippen LogP contribution < -0.4 is 0 Å². The Morgan fingerprint density at radius 3 is 2.70 bits per heavy atom. The van der Waals surface area contributed by atoms with E-state index < -0.39 is 0 Å². The highest BCUT2D eigenvalue weighted by Gasteiger charge is 2.40. The summed E-state index contributed by atoms with van der Waals surface area (Å²) < 4.78 is 16.0. The first-order valence-electron chi connectivity index (χ1n) is 10.8. The number of nitrogens with zero attached hydrogens (tertiary/aromatic N) is 2. The number of benzene rings is 2. The van der Waals surface area contributed by atoms with Crippen LogP contribution in [-0.2, 0) is 6.54 Å². The normalized spacial score (nSPS) is 21.2. The van der Waals surface area contributed by atoms with E-state index in [0.29, 0.717) is 12.0 Å². The summed E-state index contributed by atoms with van der Waals surface area (Å²) in [6.45, 7) is 3.17. The zero-order valence-corrected chi connectivity index (χ0v) is 18.2. The fourth-order valence-corrected chi connectivity index (χ4v) is 6.62. The van der Waals surface area contributed by atoms with Gasteiger partial charge in [-0.15, -0.1) is 11.3 Å². The van der Waals surface area contributed by atoms with E-state index in [0.717, 1.165) is 12.1 Å². The Kier molecular flexibility index (Phi) is 4.15. The Morgan fingerprint density at radius 1 is 1.03 bits per heavy atom. The number of aromatic nitrogens is 1. The molecular formula is C26H25FN2S. The number of rotatable bonds is 2. The minimum absolute atomic E-state index is 0.191. The average molecular weight is 417 g/mol. The highest BCUT2D eigenvalue weighted by Crippen LogP contribution is 2.48. The van der Waals surface area contributed by atoms with Gasteiger partial charge in [0.1, 0.15) is 5.82 Å². The summed E-state index contributed by atoms with van der Waals surface area (Å²) in [5, 5.41) is 5.87. The third-order valence-corrected chi connectivity index (χ3v) is 7.85. The molecule has 30 heavy (non-hydrogen) atoms. The Labute approximate surface area is 180 Å². The molecule has 0 N–H and O–H groups in total. The van der Waals surface area contributed by atoms with E-state index in [1.54, 1.807) is 29.0 Å². The second kappa shape index (κ2) is 6.79. The van der Waals surface area contributed by atoms with Crippen molar-refractivity contribution >= 4 is 22.2 Å². The van der Waals surface area contributed by atoms with Crippen molar-refractivity contribution < 1.29 is 4.39 Å². The van der Waals surface area contributed by atoms with Crippen LogP contribution >= 0.6 is 11.3 Å². The summed E-state index contributed by atoms with van der Waals surface area (Å²) in [5.41, 5.74) is 9.09. The monoisotopic (exact) mass is 416 g/mol. The summed E-state index contributed by atoms with van der Waals surface area (Å²) in [5.74, 6) is 0.431. The van der Waals surface area contributed by atoms with Gasteiger partial charge < -0.3 is 4.57 Å². The van der Waals surface area contributed by atoms with Gasteiger partial charge >= 0.3 is 0 Å². The molecule has 2 unspecified atom stereocenters. The zero-order valence-electron chi connectivity index (χ0n) is 17.4. The smallest absolute Gasteiger partial charge is 0.123 e. The molecule has 4 heteroatoms. The molecule has 1 aliphatic heterocycles. The predicted molar refractivity (Wildman–Crippen MR) is 123 cm³/mol. The second-order valence-electron chi connectivity index (χ2n) is 8.91. The summed E-state index contributed by atoms with van der Waals surface area (Å²) in [4.78, 5) is 2.56. The van der Waals surface area contributed by atoms with Crippen LogP contribution in [0.2, 0.25) is 0 Å². The Hall–Kier alpha value is -2.43. The molecule has 1 saturated carbocycles. The molecule has 2 aliphatic rings. The molecule has 2 aromatic heterocycles. The summed E-state index contributed by atoms with van der Waals surface area (Å²) in [6.07, 6.45) is 3.90. The maximum absolute atomic E-state index is 13.5. The number of thiophene rings is 1. The Balaban J connectivity index is 1.64. The number of aryl methyl sites for hydroxylation is 1. The second-order valence-corrected chi connectivity index (χ2v) is 9.66. The molecule has 2 atom stereocenters. The summed E-state index contributed by atoms with van der Waals surface area (Å²) in [6, 6.07) is 14.5. The van der Waals surface area contributed by atoms with Gasteiger partial charge in [-0.2, -0.15) is 0 Å². The van der Waals surface area contributed by atoms with E-state index in [1.807, 2.05) is 12.1 Å². The van der Waals surface area contributed by atoms with Gasteiger partial charge in [-0.05, 0) is 62.2 Å². The molecule has 4 aromatic rings. The predicted octanol–water partition coefficient (Wildman–Crippen LogP) is 6.89. The average Bonchev–Trinajstić information content (AvgIpc) is 3.45. The van der Waals surface area contributed by atoms with Crippen LogP contribution in [0.25, 0.3) is 27.7 Å². The number of hydrogen-bond donors (Lipinski definition) is 0. The van der Waals surface area contributed by atoms with E-state index in [2.05, 4.69) is 52.4 Å². The van der Waals surface area contributed by atoms with E-state index >= 15 is 0 Å². The molecule has 0 radical (unpaired) electrons. The minimum Gasteiger partial charge on any atom is -0.311 e. The van der Waals surface area contributed by atoms with Crippen molar-refractivity contribution in [2.75, 3.05) is 7.05 Å². The maximum Gasteiger partial charge on any atom is 0.123 e. The van der Waals surface area contributed by atoms with Crippen LogP contribution in [0.5, 0.6) is 0 Å². The lowest BCUT2D eigenvalue weighted by Crippen LogP contribution is -2.38. The van der Waals surface area contributed by atoms with Gasteiger partial charge in [-0.25, -0.2) is 4.39 Å². The summed E-state index contributed by atoms with van der Waals surface area (Å²) >= 11 is 1.72. The lowest BCUT2D eigenvalue weighted by molar-refractivity contribution is 0.198. The molecule has 152 valence electrons. The minimum atomic E-state index is -0.191. The standard InChI is InChI=1S/C26H25FN2S/c1-16-6-11-23-20(12-16)26-19-4-3-5-22(19)28(2)13-24(26)29(23)25-15-30-14-21(25)17-7-9-18(27)10-8-17/h6-12,14-15,19,22H,3-5,13H2,1-2H3. The van der Waals surface area contributed by atoms with E-state index in [4.69, 9.17) is 0 Å². The molecule has 0 saturated heterocycles. The zero-order chi connectivity index (χ0) is 20.4. The molecule has 1 aliphatic carbocycles. The van der Waals surface area contributed by atoms with Gasteiger partial charge in [0.05, 0.1) is 11.2 Å². The molecule has 0 spiro atoms. The Bertz CT molecular complexity index is 1250. The first-order valence-corrected chi connectivity index (χ1v) is 11.7. The maximum atomic E-state index is 13.5. The fraction of sp³-hybridized carbons (Fsp3) is 0.308. The van der Waals surface area contributed by atoms with Gasteiger partial charge in [0.2, 0.25) is 0 Å². The highest BCUT2D eigenvalue weighted by atomic mass is 32.1. The summed E-state index contributed by atoms with van der Waals surface area (Å²) in [7, 11) is 2.29. The van der Waals surface area contributed by atoms with Crippen molar-refractivity contribution in [3.8, 4) is 16.8 Å². The number of fused-ring (bicyclic) bond motifs is 5. The van der Waals surface area contributed by atoms with Crippen molar-refractivity contribution in [2.24, 2.45) is 0 Å². The van der Waals surface area contributed by atoms with Crippen LogP contribution in [0.4, 0.5) is 4.39 Å². The van der Waals surface area contributed by atoms with Crippen LogP contribution in [-0.4, -0.2) is 22.6 Å². The number of hydrogen-bond acceptors (Lipinski definition) is 2. The van der Waals surface area contributed by atoms with Gasteiger partial charge in [0, 0.05) is 45.9 Å². The van der Waals surface area contributed by atoms with Crippen LogP contribution in [0.1, 0.15) is 42.0 Å². The number of halogens is 1. The van der Waals surface area contributed by atoms with Crippen molar-refractivity contribution in [3.05, 3.63) is 75.9 Å². The lowest BCUT2D eigenvalue weighted by atomic mass is 9.87. The number of likely N-dealkylation sites (N-methyl/N-ethyl adjacent to an activating group) is 1. The van der Waals surface area contributed by atoms with Crippen molar-refractivity contribution in [1.29, 1.82) is 0 Å². The van der Waals surface area contributed by atoms with Gasteiger partial charge in [-0.1, -0.05) is 30.2 Å². The van der Waals surface area contributed by atoms with Crippen molar-refractivity contribution in [2.45, 2.75) is 44.7 Å². The molecule has 0 amide bonds. The molecule has 6 rings (SSSR count). The molecule has 2 nitrogen and oxygen atoms in total. The molecular weight excluding hydrogens is 391 g/mol. The quantitative estimate of drug-likeness (QED) is 0.345. The third-order valence-electron chi connectivity index (χ3n) is 7.12. The SMILES string of the molecule is Cc1ccc2c(c1)c1c(n2-c2cscc2-c2ccc(F)cc2)CN(C)C2CCCC12.